The second-order valence-electron chi connectivity index (χ2n) is 5.09. The lowest BCUT2D eigenvalue weighted by atomic mass is 9.90. The van der Waals surface area contributed by atoms with Crippen molar-refractivity contribution in [2.45, 2.75) is 33.2 Å². The molecule has 0 radical (unpaired) electrons. The van der Waals surface area contributed by atoms with Crippen molar-refractivity contribution in [1.82, 2.24) is 0 Å². The van der Waals surface area contributed by atoms with E-state index in [1.807, 2.05) is 19.1 Å². The predicted octanol–water partition coefficient (Wildman–Crippen LogP) is 2.81. The number of benzene rings is 1. The molecule has 3 heteroatoms. The molecule has 18 heavy (non-hydrogen) atoms. The van der Waals surface area contributed by atoms with Crippen molar-refractivity contribution in [2.24, 2.45) is 5.92 Å². The van der Waals surface area contributed by atoms with Gasteiger partial charge in [-0.25, -0.2) is 0 Å². The molecule has 1 heterocycles. The summed E-state index contributed by atoms with van der Waals surface area (Å²) in [5.41, 5.74) is 2.41. The summed E-state index contributed by atoms with van der Waals surface area (Å²) in [6.45, 7) is 7.06. The number of carbonyl (C=O) groups is 1. The van der Waals surface area contributed by atoms with E-state index in [0.717, 1.165) is 12.3 Å². The van der Waals surface area contributed by atoms with Crippen LogP contribution in [0.3, 0.4) is 0 Å². The largest absolute Gasteiger partial charge is 0.497 e. The first-order valence-electron chi connectivity index (χ1n) is 6.48. The Morgan fingerprint density at radius 2 is 2.06 bits per heavy atom. The standard InChI is InChI=1S/C15H21NO2/c1-10-9-13(18-4)5-6-14(10)16-8-7-15(17)11(2)12(16)3/h5-6,9,11-12H,7-8H2,1-4H3. The monoisotopic (exact) mass is 247 g/mol. The second-order valence-corrected chi connectivity index (χ2v) is 5.09. The molecule has 98 valence electrons. The summed E-state index contributed by atoms with van der Waals surface area (Å²) in [5, 5.41) is 0. The van der Waals surface area contributed by atoms with Crippen LogP contribution in [0.2, 0.25) is 0 Å². The van der Waals surface area contributed by atoms with Crippen molar-refractivity contribution in [3.63, 3.8) is 0 Å². The molecule has 0 spiro atoms. The van der Waals surface area contributed by atoms with Crippen LogP contribution in [-0.4, -0.2) is 25.5 Å². The summed E-state index contributed by atoms with van der Waals surface area (Å²) in [5.74, 6) is 1.37. The Labute approximate surface area is 109 Å². The van der Waals surface area contributed by atoms with Crippen molar-refractivity contribution in [2.75, 3.05) is 18.6 Å². The second kappa shape index (κ2) is 5.01. The highest BCUT2D eigenvalue weighted by Crippen LogP contribution is 2.31. The van der Waals surface area contributed by atoms with Gasteiger partial charge in [0.1, 0.15) is 11.5 Å². The quantitative estimate of drug-likeness (QED) is 0.805. The fraction of sp³-hybridized carbons (Fsp3) is 0.533. The number of Topliss-reactive ketones (excluding diaryl/α,β-unsaturated/α-hetero) is 1. The zero-order valence-electron chi connectivity index (χ0n) is 11.6. The van der Waals surface area contributed by atoms with Crippen molar-refractivity contribution in [3.8, 4) is 5.75 Å². The lowest BCUT2D eigenvalue weighted by molar-refractivity contribution is -0.123. The third kappa shape index (κ3) is 2.22. The van der Waals surface area contributed by atoms with E-state index in [2.05, 4.69) is 24.8 Å². The molecule has 2 rings (SSSR count). The molecule has 1 aromatic rings. The fourth-order valence-corrected chi connectivity index (χ4v) is 2.62. The maximum atomic E-state index is 11.7. The molecule has 1 aliphatic heterocycles. The maximum Gasteiger partial charge on any atom is 0.139 e. The summed E-state index contributed by atoms with van der Waals surface area (Å²) in [4.78, 5) is 14.1. The van der Waals surface area contributed by atoms with Crippen LogP contribution < -0.4 is 9.64 Å². The zero-order chi connectivity index (χ0) is 13.3. The lowest BCUT2D eigenvalue weighted by Gasteiger charge is -2.39. The summed E-state index contributed by atoms with van der Waals surface area (Å²) in [7, 11) is 1.68. The van der Waals surface area contributed by atoms with Gasteiger partial charge in [-0.05, 0) is 37.6 Å². The van der Waals surface area contributed by atoms with Gasteiger partial charge in [0.05, 0.1) is 7.11 Å². The van der Waals surface area contributed by atoms with E-state index in [4.69, 9.17) is 4.74 Å². The van der Waals surface area contributed by atoms with Crippen molar-refractivity contribution < 1.29 is 9.53 Å². The number of piperidine rings is 1. The maximum absolute atomic E-state index is 11.7. The number of hydrogen-bond donors (Lipinski definition) is 0. The molecule has 0 bridgehead atoms. The minimum absolute atomic E-state index is 0.111. The minimum Gasteiger partial charge on any atom is -0.497 e. The van der Waals surface area contributed by atoms with E-state index < -0.39 is 0 Å². The average molecular weight is 247 g/mol. The third-order valence-corrected chi connectivity index (χ3v) is 4.04. The van der Waals surface area contributed by atoms with Gasteiger partial charge in [0.15, 0.2) is 0 Å². The predicted molar refractivity (Wildman–Crippen MR) is 73.3 cm³/mol. The minimum atomic E-state index is 0.111. The van der Waals surface area contributed by atoms with Gasteiger partial charge in [0, 0.05) is 30.6 Å². The molecule has 1 saturated heterocycles. The highest BCUT2D eigenvalue weighted by Gasteiger charge is 2.31. The van der Waals surface area contributed by atoms with Crippen LogP contribution in [0.4, 0.5) is 5.69 Å². The van der Waals surface area contributed by atoms with Crippen molar-refractivity contribution in [1.29, 1.82) is 0 Å². The molecule has 1 aliphatic rings. The number of carbonyl (C=O) groups excluding carboxylic acids is 1. The molecule has 0 aliphatic carbocycles. The van der Waals surface area contributed by atoms with Gasteiger partial charge in [-0.1, -0.05) is 6.92 Å². The van der Waals surface area contributed by atoms with Crippen LogP contribution in [0.25, 0.3) is 0 Å². The van der Waals surface area contributed by atoms with Crippen molar-refractivity contribution >= 4 is 11.5 Å². The number of hydrogen-bond acceptors (Lipinski definition) is 3. The Morgan fingerprint density at radius 1 is 1.33 bits per heavy atom. The Hall–Kier alpha value is -1.51. The van der Waals surface area contributed by atoms with E-state index in [0.29, 0.717) is 12.2 Å². The molecule has 0 saturated carbocycles. The average Bonchev–Trinajstić information content (AvgIpc) is 2.37. The van der Waals surface area contributed by atoms with Crippen molar-refractivity contribution in [3.05, 3.63) is 23.8 Å². The van der Waals surface area contributed by atoms with Crippen LogP contribution in [0, 0.1) is 12.8 Å². The number of anilines is 1. The smallest absolute Gasteiger partial charge is 0.139 e. The van der Waals surface area contributed by atoms with Gasteiger partial charge in [0.25, 0.3) is 0 Å². The first-order valence-corrected chi connectivity index (χ1v) is 6.48. The Morgan fingerprint density at radius 3 is 2.67 bits per heavy atom. The highest BCUT2D eigenvalue weighted by molar-refractivity contribution is 5.84. The van der Waals surface area contributed by atoms with Gasteiger partial charge < -0.3 is 9.64 Å². The normalized spacial score (nSPS) is 24.2. The molecule has 3 nitrogen and oxygen atoms in total. The van der Waals surface area contributed by atoms with Crippen LogP contribution in [-0.2, 0) is 4.79 Å². The van der Waals surface area contributed by atoms with E-state index in [1.165, 1.54) is 11.3 Å². The Kier molecular flexibility index (Phi) is 3.60. The topological polar surface area (TPSA) is 29.5 Å². The summed E-state index contributed by atoms with van der Waals surface area (Å²) in [6, 6.07) is 6.38. The first kappa shape index (κ1) is 12.9. The molecular weight excluding hydrogens is 226 g/mol. The van der Waals surface area contributed by atoms with Gasteiger partial charge in [-0.3, -0.25) is 4.79 Å². The molecule has 2 atom stereocenters. The van der Waals surface area contributed by atoms with Gasteiger partial charge >= 0.3 is 0 Å². The molecule has 1 aromatic carbocycles. The van der Waals surface area contributed by atoms with E-state index >= 15 is 0 Å². The summed E-state index contributed by atoms with van der Waals surface area (Å²) < 4.78 is 5.23. The SMILES string of the molecule is COc1ccc(N2CCC(=O)C(C)C2C)c(C)c1. The Balaban J connectivity index is 2.29. The molecule has 0 N–H and O–H groups in total. The third-order valence-electron chi connectivity index (χ3n) is 4.04. The highest BCUT2D eigenvalue weighted by atomic mass is 16.5. The number of rotatable bonds is 2. The number of ketones is 1. The van der Waals surface area contributed by atoms with Crippen LogP contribution >= 0.6 is 0 Å². The van der Waals surface area contributed by atoms with E-state index in [1.54, 1.807) is 7.11 Å². The summed E-state index contributed by atoms with van der Waals surface area (Å²) >= 11 is 0. The zero-order valence-corrected chi connectivity index (χ0v) is 11.6. The molecule has 1 fully saturated rings. The number of aryl methyl sites for hydroxylation is 1. The van der Waals surface area contributed by atoms with Gasteiger partial charge in [-0.2, -0.15) is 0 Å². The molecule has 0 amide bonds. The first-order chi connectivity index (χ1) is 8.54. The van der Waals surface area contributed by atoms with Crippen LogP contribution in [0.15, 0.2) is 18.2 Å². The van der Waals surface area contributed by atoms with E-state index in [-0.39, 0.29) is 12.0 Å². The lowest BCUT2D eigenvalue weighted by Crippen LogP contribution is -2.47. The molecular formula is C15H21NO2. The van der Waals surface area contributed by atoms with Gasteiger partial charge in [0.2, 0.25) is 0 Å². The van der Waals surface area contributed by atoms with E-state index in [9.17, 15) is 4.79 Å². The van der Waals surface area contributed by atoms with Crippen LogP contribution in [0.5, 0.6) is 5.75 Å². The Bertz CT molecular complexity index is 456. The summed E-state index contributed by atoms with van der Waals surface area (Å²) in [6.07, 6.45) is 0.650. The van der Waals surface area contributed by atoms with Crippen LogP contribution in [0.1, 0.15) is 25.8 Å². The molecule has 2 unspecified atom stereocenters. The molecule has 0 aromatic heterocycles. The number of ether oxygens (including phenoxy) is 1. The fourth-order valence-electron chi connectivity index (χ4n) is 2.62. The number of nitrogens with zero attached hydrogens (tertiary/aromatic N) is 1. The van der Waals surface area contributed by atoms with Gasteiger partial charge in [-0.15, -0.1) is 0 Å². The number of methoxy groups -OCH3 is 1.